The van der Waals surface area contributed by atoms with Crippen molar-refractivity contribution in [1.82, 2.24) is 10.2 Å². The lowest BCUT2D eigenvalue weighted by Crippen LogP contribution is -2.41. The predicted octanol–water partition coefficient (Wildman–Crippen LogP) is -0.728. The Kier molecular flexibility index (Phi) is 4.12. The molecule has 2 rings (SSSR count). The number of rotatable bonds is 4. The lowest BCUT2D eigenvalue weighted by Gasteiger charge is -2.21. The Bertz CT molecular complexity index is 397. The SMILES string of the molecule is BC(=O)N1C[C@H](NC(=O)C2CC2)C[C@H]1C(=O)OCC. The highest BCUT2D eigenvalue weighted by atomic mass is 16.5. The van der Waals surface area contributed by atoms with E-state index in [1.165, 1.54) is 12.7 Å². The van der Waals surface area contributed by atoms with Crippen LogP contribution < -0.4 is 5.32 Å². The molecule has 6 nitrogen and oxygen atoms in total. The largest absolute Gasteiger partial charge is 0.464 e. The Morgan fingerprint density at radius 2 is 2.05 bits per heavy atom. The standard InChI is InChI=1S/C12H19BN2O4/c1-2-19-11(17)9-5-8(6-15(9)12(13)18)14-10(16)7-3-4-7/h7-9H,2-6,13H2,1H3,(H,14,16)/t8-,9+/m1/s1. The predicted molar refractivity (Wildman–Crippen MR) is 70.3 cm³/mol. The van der Waals surface area contributed by atoms with E-state index in [1.54, 1.807) is 6.92 Å². The van der Waals surface area contributed by atoms with Gasteiger partial charge in [0.05, 0.1) is 6.61 Å². The number of carbonyl (C=O) groups is 3. The van der Waals surface area contributed by atoms with Crippen LogP contribution in [0.5, 0.6) is 0 Å². The molecule has 2 amide bonds. The topological polar surface area (TPSA) is 75.7 Å². The minimum atomic E-state index is -0.568. The lowest BCUT2D eigenvalue weighted by molar-refractivity contribution is -0.147. The van der Waals surface area contributed by atoms with Gasteiger partial charge >= 0.3 is 5.97 Å². The Balaban J connectivity index is 1.96. The van der Waals surface area contributed by atoms with Gasteiger partial charge in [0, 0.05) is 24.9 Å². The van der Waals surface area contributed by atoms with Crippen molar-refractivity contribution in [3.63, 3.8) is 0 Å². The van der Waals surface area contributed by atoms with Crippen LogP contribution in [0.2, 0.25) is 0 Å². The summed E-state index contributed by atoms with van der Waals surface area (Å²) in [6.07, 6.45) is 2.32. The van der Waals surface area contributed by atoms with Gasteiger partial charge in [-0.2, -0.15) is 0 Å². The third-order valence-electron chi connectivity index (χ3n) is 3.56. The van der Waals surface area contributed by atoms with E-state index in [-0.39, 0.29) is 29.6 Å². The summed E-state index contributed by atoms with van der Waals surface area (Å²) in [5.41, 5.74) is 0. The van der Waals surface area contributed by atoms with Crippen molar-refractivity contribution in [3.05, 3.63) is 0 Å². The Morgan fingerprint density at radius 3 is 2.58 bits per heavy atom. The maximum Gasteiger partial charge on any atom is 0.328 e. The Labute approximate surface area is 113 Å². The molecule has 0 radical (unpaired) electrons. The molecule has 0 aromatic carbocycles. The molecule has 1 heterocycles. The fourth-order valence-electron chi connectivity index (χ4n) is 2.42. The van der Waals surface area contributed by atoms with Crippen LogP contribution in [0.1, 0.15) is 26.2 Å². The number of likely N-dealkylation sites (tertiary alicyclic amines) is 1. The fourth-order valence-corrected chi connectivity index (χ4v) is 2.42. The fraction of sp³-hybridized carbons (Fsp3) is 0.750. The molecule has 1 N–H and O–H groups in total. The smallest absolute Gasteiger partial charge is 0.328 e. The number of esters is 1. The number of amides is 2. The molecule has 104 valence electrons. The summed E-state index contributed by atoms with van der Waals surface area (Å²) in [5, 5.41) is 2.91. The number of hydrogen-bond donors (Lipinski definition) is 1. The highest BCUT2D eigenvalue weighted by molar-refractivity contribution is 6.57. The zero-order valence-electron chi connectivity index (χ0n) is 11.3. The summed E-state index contributed by atoms with van der Waals surface area (Å²) < 4.78 is 4.97. The average molecular weight is 266 g/mol. The molecule has 19 heavy (non-hydrogen) atoms. The zero-order valence-corrected chi connectivity index (χ0v) is 11.3. The lowest BCUT2D eigenvalue weighted by atomic mass is 10.1. The van der Waals surface area contributed by atoms with Crippen LogP contribution in [-0.4, -0.2) is 55.7 Å². The van der Waals surface area contributed by atoms with E-state index in [9.17, 15) is 14.4 Å². The molecule has 0 aromatic heterocycles. The third kappa shape index (κ3) is 3.27. The van der Waals surface area contributed by atoms with Crippen LogP contribution in [0.25, 0.3) is 0 Å². The number of nitrogens with one attached hydrogen (secondary N) is 1. The molecule has 2 atom stereocenters. The maximum atomic E-state index is 11.8. The summed E-state index contributed by atoms with van der Waals surface area (Å²) in [6, 6.07) is -0.714. The van der Waals surface area contributed by atoms with E-state index in [4.69, 9.17) is 4.74 Å². The van der Waals surface area contributed by atoms with Crippen molar-refractivity contribution >= 4 is 25.5 Å². The summed E-state index contributed by atoms with van der Waals surface area (Å²) in [6.45, 7) is 2.41. The van der Waals surface area contributed by atoms with Gasteiger partial charge in [0.15, 0.2) is 5.81 Å². The highest BCUT2D eigenvalue weighted by Crippen LogP contribution is 2.29. The van der Waals surface area contributed by atoms with E-state index < -0.39 is 6.04 Å². The Morgan fingerprint density at radius 1 is 1.37 bits per heavy atom. The van der Waals surface area contributed by atoms with E-state index in [0.29, 0.717) is 19.6 Å². The summed E-state index contributed by atoms with van der Waals surface area (Å²) in [5.74, 6) is -0.382. The second-order valence-electron chi connectivity index (χ2n) is 5.15. The van der Waals surface area contributed by atoms with Crippen molar-refractivity contribution < 1.29 is 19.1 Å². The first kappa shape index (κ1) is 13.9. The van der Waals surface area contributed by atoms with E-state index in [1.807, 2.05) is 0 Å². The van der Waals surface area contributed by atoms with Gasteiger partial charge in [-0.1, -0.05) is 0 Å². The molecule has 0 bridgehead atoms. The van der Waals surface area contributed by atoms with Gasteiger partial charge in [-0.25, -0.2) is 4.79 Å². The van der Waals surface area contributed by atoms with Crippen LogP contribution in [0.3, 0.4) is 0 Å². The van der Waals surface area contributed by atoms with Gasteiger partial charge in [-0.3, -0.25) is 9.59 Å². The molecule has 7 heteroatoms. The molecule has 0 spiro atoms. The monoisotopic (exact) mass is 266 g/mol. The van der Waals surface area contributed by atoms with E-state index in [0.717, 1.165) is 12.8 Å². The number of hydrogen-bond acceptors (Lipinski definition) is 4. The normalized spacial score (nSPS) is 26.1. The molecule has 1 aliphatic heterocycles. The molecule has 1 saturated heterocycles. The van der Waals surface area contributed by atoms with Crippen molar-refractivity contribution in [3.8, 4) is 0 Å². The van der Waals surface area contributed by atoms with Crippen molar-refractivity contribution in [2.24, 2.45) is 5.92 Å². The minimum absolute atomic E-state index is 0.0398. The summed E-state index contributed by atoms with van der Waals surface area (Å²) in [4.78, 5) is 36.5. The third-order valence-corrected chi connectivity index (χ3v) is 3.56. The molecular weight excluding hydrogens is 247 g/mol. The van der Waals surface area contributed by atoms with Crippen LogP contribution in [0.15, 0.2) is 0 Å². The molecule has 0 aromatic rings. The molecule has 1 aliphatic carbocycles. The van der Waals surface area contributed by atoms with Gasteiger partial charge in [0.1, 0.15) is 6.04 Å². The quantitative estimate of drug-likeness (QED) is 0.537. The van der Waals surface area contributed by atoms with Crippen LogP contribution in [0, 0.1) is 5.92 Å². The molecular formula is C12H19BN2O4. The number of carbonyl (C=O) groups excluding carboxylic acids is 3. The average Bonchev–Trinajstić information content (AvgIpc) is 3.11. The van der Waals surface area contributed by atoms with Crippen molar-refractivity contribution in [2.75, 3.05) is 13.2 Å². The first-order valence-electron chi connectivity index (χ1n) is 6.77. The summed E-state index contributed by atoms with van der Waals surface area (Å²) >= 11 is 0. The molecule has 1 saturated carbocycles. The van der Waals surface area contributed by atoms with Gasteiger partial charge in [-0.15, -0.1) is 0 Å². The second kappa shape index (κ2) is 5.63. The first-order chi connectivity index (χ1) is 9.02. The van der Waals surface area contributed by atoms with Gasteiger partial charge in [0.25, 0.3) is 0 Å². The zero-order chi connectivity index (χ0) is 14.0. The summed E-state index contributed by atoms with van der Waals surface area (Å²) in [7, 11) is 1.43. The van der Waals surface area contributed by atoms with Crippen LogP contribution in [-0.2, 0) is 14.3 Å². The highest BCUT2D eigenvalue weighted by Gasteiger charge is 2.41. The van der Waals surface area contributed by atoms with Crippen LogP contribution in [0.4, 0.5) is 4.79 Å². The Hall–Kier alpha value is -1.53. The van der Waals surface area contributed by atoms with Gasteiger partial charge < -0.3 is 15.0 Å². The van der Waals surface area contributed by atoms with Crippen molar-refractivity contribution in [2.45, 2.75) is 38.3 Å². The van der Waals surface area contributed by atoms with Crippen molar-refractivity contribution in [1.29, 1.82) is 0 Å². The molecule has 2 aliphatic rings. The number of nitrogens with zero attached hydrogens (tertiary/aromatic N) is 1. The second-order valence-corrected chi connectivity index (χ2v) is 5.15. The van der Waals surface area contributed by atoms with E-state index >= 15 is 0 Å². The van der Waals surface area contributed by atoms with E-state index in [2.05, 4.69) is 5.32 Å². The van der Waals surface area contributed by atoms with Crippen LogP contribution >= 0.6 is 0 Å². The minimum Gasteiger partial charge on any atom is -0.464 e. The first-order valence-corrected chi connectivity index (χ1v) is 6.77. The van der Waals surface area contributed by atoms with Gasteiger partial charge in [0.2, 0.25) is 13.8 Å². The molecule has 2 fully saturated rings. The number of ether oxygens (including phenoxy) is 1. The molecule has 0 unspecified atom stereocenters. The van der Waals surface area contributed by atoms with Gasteiger partial charge in [-0.05, 0) is 19.8 Å². The maximum absolute atomic E-state index is 11.8.